The van der Waals surface area contributed by atoms with Crippen molar-refractivity contribution in [1.82, 2.24) is 5.43 Å². The Bertz CT molecular complexity index is 811. The predicted molar refractivity (Wildman–Crippen MR) is 93.4 cm³/mol. The van der Waals surface area contributed by atoms with Crippen molar-refractivity contribution < 1.29 is 13.6 Å². The van der Waals surface area contributed by atoms with Crippen LogP contribution in [-0.2, 0) is 4.79 Å². The van der Waals surface area contributed by atoms with Gasteiger partial charge in [-0.3, -0.25) is 4.79 Å². The van der Waals surface area contributed by atoms with Crippen LogP contribution in [0, 0.1) is 23.1 Å². The zero-order valence-electron chi connectivity index (χ0n) is 14.2. The number of amides is 1. The fraction of sp³-hybridized carbons (Fsp3) is 0.400. The number of furan rings is 1. The maximum Gasteiger partial charge on any atom is 0.244 e. The minimum absolute atomic E-state index is 0.0102. The van der Waals surface area contributed by atoms with Gasteiger partial charge < -0.3 is 4.42 Å². The summed E-state index contributed by atoms with van der Waals surface area (Å²) in [4.78, 5) is 12.3. The highest BCUT2D eigenvalue weighted by atomic mass is 19.1. The Hall–Kier alpha value is -2.43. The van der Waals surface area contributed by atoms with Gasteiger partial charge in [-0.1, -0.05) is 19.8 Å². The van der Waals surface area contributed by atoms with Crippen molar-refractivity contribution in [3.8, 4) is 11.3 Å². The number of hydrazone groups is 1. The molecule has 0 unspecified atom stereocenters. The lowest BCUT2D eigenvalue weighted by Gasteiger charge is -2.15. The zero-order valence-corrected chi connectivity index (χ0v) is 14.2. The Balaban J connectivity index is 1.37. The molecule has 0 radical (unpaired) electrons. The Labute approximate surface area is 146 Å². The number of carbonyl (C=O) groups excluding carboxylic acids is 1. The monoisotopic (exact) mass is 340 g/mol. The van der Waals surface area contributed by atoms with E-state index in [9.17, 15) is 9.18 Å². The number of hydrogen-bond acceptors (Lipinski definition) is 3. The molecular formula is C20H21FN2O2. The normalized spacial score (nSPS) is 27.9. The lowest BCUT2D eigenvalue weighted by Crippen LogP contribution is -2.22. The number of rotatable bonds is 4. The standard InChI is InChI=1S/C20H21FN2O2/c1-20-11-3-2-4-16(20)18(20)19(24)23-22-12-15-9-10-17(25-15)13-5-7-14(21)8-6-13/h5-10,12,16,18H,2-4,11H2,1H3,(H,23,24)/b22-12-/t16-,18-,20+/m1/s1. The van der Waals surface area contributed by atoms with Crippen molar-refractivity contribution in [3.63, 3.8) is 0 Å². The second kappa shape index (κ2) is 6.14. The van der Waals surface area contributed by atoms with Gasteiger partial charge in [-0.2, -0.15) is 5.10 Å². The lowest BCUT2D eigenvalue weighted by molar-refractivity contribution is -0.123. The van der Waals surface area contributed by atoms with Crippen molar-refractivity contribution >= 4 is 12.1 Å². The third kappa shape index (κ3) is 2.99. The molecule has 1 N–H and O–H groups in total. The molecule has 5 heteroatoms. The van der Waals surface area contributed by atoms with E-state index in [-0.39, 0.29) is 23.1 Å². The van der Waals surface area contributed by atoms with Gasteiger partial charge in [0.15, 0.2) is 0 Å². The number of benzene rings is 1. The summed E-state index contributed by atoms with van der Waals surface area (Å²) in [5, 5.41) is 4.03. The van der Waals surface area contributed by atoms with Crippen LogP contribution in [0.15, 0.2) is 45.9 Å². The molecule has 2 aliphatic carbocycles. The molecule has 2 aliphatic rings. The summed E-state index contributed by atoms with van der Waals surface area (Å²) in [6, 6.07) is 9.67. The van der Waals surface area contributed by atoms with Gasteiger partial charge in [0.1, 0.15) is 17.3 Å². The first-order valence-corrected chi connectivity index (χ1v) is 8.77. The van der Waals surface area contributed by atoms with Crippen LogP contribution in [0.1, 0.15) is 38.4 Å². The second-order valence-electron chi connectivity index (χ2n) is 7.28. The molecule has 0 aliphatic heterocycles. The van der Waals surface area contributed by atoms with Gasteiger partial charge in [0.25, 0.3) is 0 Å². The Kier molecular flexibility index (Phi) is 3.94. The lowest BCUT2D eigenvalue weighted by atomic mass is 9.90. The predicted octanol–water partition coefficient (Wildman–Crippen LogP) is 4.36. The number of carbonyl (C=O) groups is 1. The molecule has 130 valence electrons. The first-order valence-electron chi connectivity index (χ1n) is 8.77. The summed E-state index contributed by atoms with van der Waals surface area (Å²) in [6.07, 6.45) is 6.24. The van der Waals surface area contributed by atoms with Gasteiger partial charge in [-0.15, -0.1) is 0 Å². The van der Waals surface area contributed by atoms with Crippen molar-refractivity contribution in [2.24, 2.45) is 22.4 Å². The van der Waals surface area contributed by atoms with Gasteiger partial charge in [0.2, 0.25) is 5.91 Å². The summed E-state index contributed by atoms with van der Waals surface area (Å²) < 4.78 is 18.6. The average Bonchev–Trinajstić information content (AvgIpc) is 2.96. The first kappa shape index (κ1) is 16.1. The molecule has 1 amide bonds. The molecule has 1 heterocycles. The van der Waals surface area contributed by atoms with E-state index in [2.05, 4.69) is 17.5 Å². The Morgan fingerprint density at radius 2 is 2.08 bits per heavy atom. The van der Waals surface area contributed by atoms with Gasteiger partial charge in [0.05, 0.1) is 6.21 Å². The third-order valence-corrected chi connectivity index (χ3v) is 5.74. The van der Waals surface area contributed by atoms with Gasteiger partial charge >= 0.3 is 0 Å². The average molecular weight is 340 g/mol. The van der Waals surface area contributed by atoms with E-state index in [0.29, 0.717) is 17.4 Å². The minimum atomic E-state index is -0.283. The molecule has 25 heavy (non-hydrogen) atoms. The van der Waals surface area contributed by atoms with Gasteiger partial charge in [0, 0.05) is 11.5 Å². The van der Waals surface area contributed by atoms with Crippen molar-refractivity contribution in [2.75, 3.05) is 0 Å². The van der Waals surface area contributed by atoms with Crippen LogP contribution in [0.5, 0.6) is 0 Å². The molecular weight excluding hydrogens is 319 g/mol. The fourth-order valence-electron chi connectivity index (χ4n) is 4.27. The molecule has 2 aromatic rings. The smallest absolute Gasteiger partial charge is 0.244 e. The molecule has 4 nitrogen and oxygen atoms in total. The van der Waals surface area contributed by atoms with Crippen LogP contribution in [0.3, 0.4) is 0 Å². The fourth-order valence-corrected chi connectivity index (χ4v) is 4.27. The first-order chi connectivity index (χ1) is 12.1. The van der Waals surface area contributed by atoms with Crippen LogP contribution < -0.4 is 5.43 Å². The van der Waals surface area contributed by atoms with E-state index >= 15 is 0 Å². The molecule has 0 spiro atoms. The quantitative estimate of drug-likeness (QED) is 0.664. The third-order valence-electron chi connectivity index (χ3n) is 5.74. The topological polar surface area (TPSA) is 54.6 Å². The SMILES string of the molecule is C[C@]12CCCC[C@@H]1[C@@H]2C(=O)N/N=C\c1ccc(-c2ccc(F)cc2)o1. The maximum atomic E-state index is 13.0. The highest BCUT2D eigenvalue weighted by Crippen LogP contribution is 2.66. The maximum absolute atomic E-state index is 13.0. The molecule has 3 atom stereocenters. The van der Waals surface area contributed by atoms with E-state index < -0.39 is 0 Å². The zero-order chi connectivity index (χ0) is 17.4. The van der Waals surface area contributed by atoms with Crippen LogP contribution in [0.4, 0.5) is 4.39 Å². The van der Waals surface area contributed by atoms with Crippen molar-refractivity contribution in [1.29, 1.82) is 0 Å². The molecule has 4 rings (SSSR count). The molecule has 0 saturated heterocycles. The highest BCUT2D eigenvalue weighted by molar-refractivity contribution is 5.85. The van der Waals surface area contributed by atoms with Gasteiger partial charge in [-0.05, 0) is 60.6 Å². The van der Waals surface area contributed by atoms with Crippen molar-refractivity contribution in [2.45, 2.75) is 32.6 Å². The minimum Gasteiger partial charge on any atom is -0.455 e. The van der Waals surface area contributed by atoms with Crippen molar-refractivity contribution in [3.05, 3.63) is 48.0 Å². The largest absolute Gasteiger partial charge is 0.455 e. The molecule has 1 aromatic heterocycles. The van der Waals surface area contributed by atoms with Gasteiger partial charge in [-0.25, -0.2) is 9.82 Å². The summed E-state index contributed by atoms with van der Waals surface area (Å²) in [6.45, 7) is 2.21. The number of halogens is 1. The van der Waals surface area contributed by atoms with Crippen LogP contribution in [0.25, 0.3) is 11.3 Å². The summed E-state index contributed by atoms with van der Waals surface area (Å²) in [7, 11) is 0. The highest BCUT2D eigenvalue weighted by Gasteiger charge is 2.64. The van der Waals surface area contributed by atoms with E-state index in [1.807, 2.05) is 0 Å². The summed E-state index contributed by atoms with van der Waals surface area (Å²) in [5.74, 6) is 1.52. The second-order valence-corrected chi connectivity index (χ2v) is 7.28. The van der Waals surface area contributed by atoms with Crippen LogP contribution in [0.2, 0.25) is 0 Å². The molecule has 2 fully saturated rings. The molecule has 0 bridgehead atoms. The van der Waals surface area contributed by atoms with E-state index in [4.69, 9.17) is 4.42 Å². The number of nitrogens with one attached hydrogen (secondary N) is 1. The molecule has 1 aromatic carbocycles. The number of fused-ring (bicyclic) bond motifs is 1. The number of hydrogen-bond donors (Lipinski definition) is 1. The molecule has 2 saturated carbocycles. The summed E-state index contributed by atoms with van der Waals surface area (Å²) >= 11 is 0. The number of nitrogens with zero attached hydrogens (tertiary/aromatic N) is 1. The van der Waals surface area contributed by atoms with E-state index in [0.717, 1.165) is 18.4 Å². The van der Waals surface area contributed by atoms with Crippen LogP contribution >= 0.6 is 0 Å². The van der Waals surface area contributed by atoms with Crippen LogP contribution in [-0.4, -0.2) is 12.1 Å². The van der Waals surface area contributed by atoms with E-state index in [1.54, 1.807) is 24.3 Å². The Morgan fingerprint density at radius 3 is 2.80 bits per heavy atom. The Morgan fingerprint density at radius 1 is 1.28 bits per heavy atom. The summed E-state index contributed by atoms with van der Waals surface area (Å²) in [5.41, 5.74) is 3.62. The van der Waals surface area contributed by atoms with E-state index in [1.165, 1.54) is 31.2 Å².